The van der Waals surface area contributed by atoms with Crippen LogP contribution in [-0.2, 0) is 0 Å². The Morgan fingerprint density at radius 1 is 1.50 bits per heavy atom. The molecule has 2 rings (SSSR count). The van der Waals surface area contributed by atoms with Gasteiger partial charge in [0.15, 0.2) is 0 Å². The van der Waals surface area contributed by atoms with E-state index in [0.717, 1.165) is 22.9 Å². The Morgan fingerprint density at radius 3 is 2.75 bits per heavy atom. The number of aryl methyl sites for hydroxylation is 1. The molecule has 1 saturated carbocycles. The molecule has 1 aliphatic rings. The van der Waals surface area contributed by atoms with Crippen molar-refractivity contribution in [2.45, 2.75) is 31.8 Å². The van der Waals surface area contributed by atoms with Crippen molar-refractivity contribution in [1.82, 2.24) is 5.32 Å². The topological polar surface area (TPSA) is 55.1 Å². The van der Waals surface area contributed by atoms with Gasteiger partial charge < -0.3 is 11.1 Å². The van der Waals surface area contributed by atoms with Gasteiger partial charge in [0.1, 0.15) is 0 Å². The lowest BCUT2D eigenvalue weighted by atomic mass is 9.87. The van der Waals surface area contributed by atoms with Crippen LogP contribution in [0.5, 0.6) is 0 Å². The SMILES string of the molecule is Cc1ccc(C(=O)NC2CC(N)C2)c(Br)c1. The highest BCUT2D eigenvalue weighted by Gasteiger charge is 2.27. The average Bonchev–Trinajstić information content (AvgIpc) is 2.15. The normalized spacial score (nSPS) is 23.7. The lowest BCUT2D eigenvalue weighted by Gasteiger charge is -2.33. The smallest absolute Gasteiger partial charge is 0.252 e. The molecule has 0 unspecified atom stereocenters. The fourth-order valence-electron chi connectivity index (χ4n) is 1.85. The minimum absolute atomic E-state index is 0.0243. The zero-order chi connectivity index (χ0) is 11.7. The van der Waals surface area contributed by atoms with Crippen LogP contribution in [0.2, 0.25) is 0 Å². The molecule has 1 aromatic carbocycles. The Balaban J connectivity index is 2.03. The molecule has 1 aromatic rings. The maximum absolute atomic E-state index is 11.9. The van der Waals surface area contributed by atoms with E-state index < -0.39 is 0 Å². The third-order valence-corrected chi connectivity index (χ3v) is 3.54. The van der Waals surface area contributed by atoms with Gasteiger partial charge in [-0.25, -0.2) is 0 Å². The summed E-state index contributed by atoms with van der Waals surface area (Å²) < 4.78 is 0.841. The first-order valence-corrected chi connectivity index (χ1v) is 6.18. The van der Waals surface area contributed by atoms with Gasteiger partial charge in [-0.15, -0.1) is 0 Å². The fourth-order valence-corrected chi connectivity index (χ4v) is 2.52. The van der Waals surface area contributed by atoms with Crippen LogP contribution in [0.4, 0.5) is 0 Å². The second-order valence-electron chi connectivity index (χ2n) is 4.39. The minimum atomic E-state index is -0.0243. The maximum atomic E-state index is 11.9. The van der Waals surface area contributed by atoms with Gasteiger partial charge in [-0.1, -0.05) is 6.07 Å². The van der Waals surface area contributed by atoms with Crippen LogP contribution in [0.1, 0.15) is 28.8 Å². The second kappa shape index (κ2) is 4.55. The summed E-state index contributed by atoms with van der Waals surface area (Å²) in [6.45, 7) is 2.00. The Kier molecular flexibility index (Phi) is 3.30. The number of halogens is 1. The Bertz CT molecular complexity index is 413. The fraction of sp³-hybridized carbons (Fsp3) is 0.417. The van der Waals surface area contributed by atoms with Crippen molar-refractivity contribution < 1.29 is 4.79 Å². The van der Waals surface area contributed by atoms with Crippen LogP contribution >= 0.6 is 15.9 Å². The van der Waals surface area contributed by atoms with Crippen molar-refractivity contribution >= 4 is 21.8 Å². The molecule has 3 nitrogen and oxygen atoms in total. The number of nitrogens with two attached hydrogens (primary N) is 1. The summed E-state index contributed by atoms with van der Waals surface area (Å²) in [6, 6.07) is 6.23. The number of benzene rings is 1. The molecule has 0 saturated heterocycles. The van der Waals surface area contributed by atoms with Gasteiger partial charge >= 0.3 is 0 Å². The Labute approximate surface area is 104 Å². The molecule has 4 heteroatoms. The molecule has 0 aliphatic heterocycles. The van der Waals surface area contributed by atoms with Gasteiger partial charge in [0.2, 0.25) is 0 Å². The third-order valence-electron chi connectivity index (χ3n) is 2.88. The molecule has 1 aliphatic carbocycles. The molecule has 0 spiro atoms. The molecule has 0 aromatic heterocycles. The first kappa shape index (κ1) is 11.6. The van der Waals surface area contributed by atoms with Gasteiger partial charge in [0, 0.05) is 16.6 Å². The highest BCUT2D eigenvalue weighted by molar-refractivity contribution is 9.10. The first-order valence-electron chi connectivity index (χ1n) is 5.39. The molecular weight excluding hydrogens is 268 g/mol. The van der Waals surface area contributed by atoms with Crippen LogP contribution < -0.4 is 11.1 Å². The minimum Gasteiger partial charge on any atom is -0.349 e. The van der Waals surface area contributed by atoms with E-state index in [1.165, 1.54) is 0 Å². The van der Waals surface area contributed by atoms with E-state index in [1.54, 1.807) is 0 Å². The zero-order valence-electron chi connectivity index (χ0n) is 9.16. The van der Waals surface area contributed by atoms with E-state index in [1.807, 2.05) is 25.1 Å². The average molecular weight is 283 g/mol. The summed E-state index contributed by atoms with van der Waals surface area (Å²) in [5, 5.41) is 2.97. The van der Waals surface area contributed by atoms with Crippen molar-refractivity contribution in [3.8, 4) is 0 Å². The summed E-state index contributed by atoms with van der Waals surface area (Å²) >= 11 is 3.40. The van der Waals surface area contributed by atoms with E-state index in [2.05, 4.69) is 21.2 Å². The highest BCUT2D eigenvalue weighted by atomic mass is 79.9. The second-order valence-corrected chi connectivity index (χ2v) is 5.24. The number of hydrogen-bond donors (Lipinski definition) is 2. The molecule has 16 heavy (non-hydrogen) atoms. The summed E-state index contributed by atoms with van der Waals surface area (Å²) in [5.41, 5.74) is 7.49. The number of rotatable bonds is 2. The zero-order valence-corrected chi connectivity index (χ0v) is 10.8. The van der Waals surface area contributed by atoms with E-state index in [4.69, 9.17) is 5.73 Å². The molecule has 1 amide bonds. The van der Waals surface area contributed by atoms with Crippen molar-refractivity contribution in [3.63, 3.8) is 0 Å². The predicted molar refractivity (Wildman–Crippen MR) is 67.3 cm³/mol. The van der Waals surface area contributed by atoms with Gasteiger partial charge in [0.25, 0.3) is 5.91 Å². The third kappa shape index (κ3) is 2.44. The molecule has 0 atom stereocenters. The van der Waals surface area contributed by atoms with Crippen molar-refractivity contribution in [3.05, 3.63) is 33.8 Å². The summed E-state index contributed by atoms with van der Waals surface area (Å²) in [7, 11) is 0. The van der Waals surface area contributed by atoms with Gasteiger partial charge in [-0.05, 0) is 53.4 Å². The lowest BCUT2D eigenvalue weighted by Crippen LogP contribution is -2.50. The number of carbonyl (C=O) groups is 1. The monoisotopic (exact) mass is 282 g/mol. The van der Waals surface area contributed by atoms with E-state index in [9.17, 15) is 4.79 Å². The number of amides is 1. The summed E-state index contributed by atoms with van der Waals surface area (Å²) in [4.78, 5) is 11.9. The van der Waals surface area contributed by atoms with Crippen molar-refractivity contribution in [1.29, 1.82) is 0 Å². The van der Waals surface area contributed by atoms with E-state index >= 15 is 0 Å². The van der Waals surface area contributed by atoms with Crippen LogP contribution in [0.3, 0.4) is 0 Å². The first-order chi connectivity index (χ1) is 7.56. The van der Waals surface area contributed by atoms with E-state index in [0.29, 0.717) is 5.56 Å². The van der Waals surface area contributed by atoms with Gasteiger partial charge in [0.05, 0.1) is 5.56 Å². The molecule has 3 N–H and O–H groups in total. The van der Waals surface area contributed by atoms with Crippen molar-refractivity contribution in [2.75, 3.05) is 0 Å². The summed E-state index contributed by atoms with van der Waals surface area (Å²) in [6.07, 6.45) is 1.77. The largest absolute Gasteiger partial charge is 0.349 e. The molecule has 86 valence electrons. The van der Waals surface area contributed by atoms with Gasteiger partial charge in [-0.3, -0.25) is 4.79 Å². The maximum Gasteiger partial charge on any atom is 0.252 e. The van der Waals surface area contributed by atoms with Crippen LogP contribution in [0.25, 0.3) is 0 Å². The molecule has 1 fully saturated rings. The summed E-state index contributed by atoms with van der Waals surface area (Å²) in [5.74, 6) is -0.0243. The molecule has 0 radical (unpaired) electrons. The molecule has 0 heterocycles. The lowest BCUT2D eigenvalue weighted by molar-refractivity contribution is 0.0909. The number of carbonyl (C=O) groups excluding carboxylic acids is 1. The number of hydrogen-bond acceptors (Lipinski definition) is 2. The van der Waals surface area contributed by atoms with Crippen LogP contribution in [0.15, 0.2) is 22.7 Å². The van der Waals surface area contributed by atoms with Crippen LogP contribution in [-0.4, -0.2) is 18.0 Å². The predicted octanol–water partition coefficient (Wildman–Crippen LogP) is 1.98. The standard InChI is InChI=1S/C12H15BrN2O/c1-7-2-3-10(11(13)4-7)12(16)15-9-5-8(14)6-9/h2-4,8-9H,5-6,14H2,1H3,(H,15,16). The quantitative estimate of drug-likeness (QED) is 0.872. The number of nitrogens with one attached hydrogen (secondary N) is 1. The van der Waals surface area contributed by atoms with Crippen LogP contribution in [0, 0.1) is 6.92 Å². The Morgan fingerprint density at radius 2 is 2.19 bits per heavy atom. The van der Waals surface area contributed by atoms with E-state index in [-0.39, 0.29) is 18.0 Å². The van der Waals surface area contributed by atoms with Gasteiger partial charge in [-0.2, -0.15) is 0 Å². The Hall–Kier alpha value is -0.870. The molecule has 0 bridgehead atoms. The molecular formula is C12H15BrN2O. The highest BCUT2D eigenvalue weighted by Crippen LogP contribution is 2.21. The van der Waals surface area contributed by atoms with Crippen molar-refractivity contribution in [2.24, 2.45) is 5.73 Å².